The topological polar surface area (TPSA) is 237 Å². The monoisotopic (exact) mass is 1060 g/mol. The molecule has 5 heterocycles. The first-order valence-corrected chi connectivity index (χ1v) is 28.4. The number of hydrogen-bond donors (Lipinski definition) is 3. The highest BCUT2D eigenvalue weighted by molar-refractivity contribution is 7.88. The van der Waals surface area contributed by atoms with Crippen molar-refractivity contribution in [3.63, 3.8) is 0 Å². The molecule has 0 amide bonds. The van der Waals surface area contributed by atoms with Gasteiger partial charge in [-0.3, -0.25) is 4.79 Å². The Morgan fingerprint density at radius 1 is 0.890 bits per heavy atom. The molecule has 0 radical (unpaired) electrons. The van der Waals surface area contributed by atoms with Crippen molar-refractivity contribution in [1.29, 1.82) is 0 Å². The molecule has 22 heteroatoms. The molecule has 18 atom stereocenters. The summed E-state index contributed by atoms with van der Waals surface area (Å²) >= 11 is 0. The normalized spacial score (nSPS) is 42.3. The summed E-state index contributed by atoms with van der Waals surface area (Å²) in [4.78, 5) is 40.5. The van der Waals surface area contributed by atoms with Gasteiger partial charge in [-0.2, -0.15) is 0 Å². The predicted octanol–water partition coefficient (Wildman–Crippen LogP) is 3.31. The summed E-state index contributed by atoms with van der Waals surface area (Å²) in [5, 5.41) is 42.3. The van der Waals surface area contributed by atoms with E-state index in [0.29, 0.717) is 18.7 Å². The molecule has 0 aliphatic carbocycles. The predicted molar refractivity (Wildman–Crippen MR) is 272 cm³/mol. The Labute approximate surface area is 435 Å². The van der Waals surface area contributed by atoms with E-state index < -0.39 is 117 Å². The van der Waals surface area contributed by atoms with Crippen LogP contribution in [-0.2, 0) is 57.6 Å². The zero-order valence-corrected chi connectivity index (χ0v) is 47.8. The van der Waals surface area contributed by atoms with Gasteiger partial charge in [-0.1, -0.05) is 46.7 Å². The van der Waals surface area contributed by atoms with Crippen molar-refractivity contribution in [2.75, 3.05) is 86.9 Å². The smallest absolute Gasteiger partial charge is 0.458 e. The van der Waals surface area contributed by atoms with Crippen LogP contribution in [0.15, 0.2) is 5.16 Å². The number of likely N-dealkylation sites (N-methyl/N-ethyl adjacent to an activating group) is 3. The minimum atomic E-state index is -3.37. The van der Waals surface area contributed by atoms with Gasteiger partial charge in [-0.25, -0.2) is 17.5 Å². The van der Waals surface area contributed by atoms with Gasteiger partial charge >= 0.3 is 12.1 Å². The van der Waals surface area contributed by atoms with Gasteiger partial charge in [0.1, 0.15) is 30.0 Å². The maximum atomic E-state index is 14.9. The molecule has 0 aromatic heterocycles. The zero-order valence-electron chi connectivity index (χ0n) is 46.9. The first-order chi connectivity index (χ1) is 33.9. The number of carbonyl (C=O) groups excluding carboxylic acids is 2. The average molecular weight is 1060 g/mol. The van der Waals surface area contributed by atoms with Crippen molar-refractivity contribution in [3.8, 4) is 0 Å². The second-order valence-electron chi connectivity index (χ2n) is 22.8. The van der Waals surface area contributed by atoms with Crippen LogP contribution in [0.3, 0.4) is 0 Å². The van der Waals surface area contributed by atoms with Gasteiger partial charge in [-0.15, -0.1) is 0 Å². The van der Waals surface area contributed by atoms with E-state index in [9.17, 15) is 33.3 Å². The van der Waals surface area contributed by atoms with E-state index >= 15 is 0 Å². The number of nitrogens with zero attached hydrogens (tertiary/aromatic N) is 5. The highest BCUT2D eigenvalue weighted by Crippen LogP contribution is 2.45. The molecule has 0 unspecified atom stereocenters. The number of cyclic esters (lactones) is 1. The Morgan fingerprint density at radius 2 is 1.53 bits per heavy atom. The number of sulfonamides is 1. The molecular formula is C51H93N5O16S. The minimum Gasteiger partial charge on any atom is -0.458 e. The molecule has 5 fully saturated rings. The Balaban J connectivity index is 1.59. The maximum absolute atomic E-state index is 14.9. The van der Waals surface area contributed by atoms with Crippen molar-refractivity contribution >= 4 is 27.9 Å². The standard InChI is InChI=1S/C51H93N5O16S/c1-18-38-50(12)44(71-47(59)72-50)32(6)40(52-65-28-36-26-56(27-36)73(17,62)63)30(4)24-48(10,60)43(70-46-41(57)37(53(13)14)23-31(5)66-46)33(7)42(34(8)45(58)68-38)69-39-25-49(11,64-16)51(61,35(9)67-39)29-54(15)21-22-55(19-2)20-3/h30-39,41-44,46,57,60-61H,18-29H2,1-17H3/b52-40+/t30-,31-,32+,33+,34-,35+,37+,38-,39+,41-,42+,43-,44-,46+,48+,49-,50-,51-/m1/s1. The zero-order chi connectivity index (χ0) is 54.8. The molecule has 424 valence electrons. The summed E-state index contributed by atoms with van der Waals surface area (Å²) in [5.74, 6) is -4.17. The number of aliphatic hydroxyl groups is 3. The number of esters is 1. The fourth-order valence-corrected chi connectivity index (χ4v) is 13.0. The Kier molecular flexibility index (Phi) is 20.7. The highest BCUT2D eigenvalue weighted by Gasteiger charge is 2.61. The molecule has 0 saturated carbocycles. The van der Waals surface area contributed by atoms with Crippen LogP contribution >= 0.6 is 0 Å². The fourth-order valence-electron chi connectivity index (χ4n) is 12.0. The third-order valence-corrected chi connectivity index (χ3v) is 18.1. The number of carbonyl (C=O) groups is 2. The first-order valence-electron chi connectivity index (χ1n) is 26.5. The molecule has 0 spiro atoms. The van der Waals surface area contributed by atoms with Crippen molar-refractivity contribution < 1.29 is 76.1 Å². The lowest BCUT2D eigenvalue weighted by atomic mass is 9.73. The Bertz CT molecular complexity index is 1980. The van der Waals surface area contributed by atoms with Gasteiger partial charge in [0, 0.05) is 76.0 Å². The lowest BCUT2D eigenvalue weighted by Crippen LogP contribution is -2.70. The molecule has 5 rings (SSSR count). The van der Waals surface area contributed by atoms with Crippen LogP contribution in [0.2, 0.25) is 0 Å². The number of fused-ring (bicyclic) bond motifs is 1. The Hall–Kier alpha value is -2.32. The summed E-state index contributed by atoms with van der Waals surface area (Å²) in [6.45, 7) is 26.1. The average Bonchev–Trinajstić information content (AvgIpc) is 3.60. The molecule has 21 nitrogen and oxygen atoms in total. The molecule has 5 aliphatic rings. The number of oxime groups is 1. The van der Waals surface area contributed by atoms with Crippen LogP contribution in [0.4, 0.5) is 4.79 Å². The van der Waals surface area contributed by atoms with Crippen LogP contribution in [0.1, 0.15) is 109 Å². The SMILES string of the molecule is CC[C@H]1OC(=O)[C@H](C)[C@@H](O[C@H]2C[C@@](C)(OC)[C@@](O)(CN(C)CCN(CC)CC)[C@H](C)O2)[C@H](C)[C@@H](O[C@@H]2O[C@H](C)C[C@H](N(C)C)[C@H]2O)[C@@](C)(O)C[C@@H](C)/C(=N\OCC2CN(S(C)(=O)=O)C2)[C@H](C)[C@H]2OC(=O)O[C@@]21C. The molecule has 73 heavy (non-hydrogen) atoms. The molecule has 5 saturated heterocycles. The lowest BCUT2D eigenvalue weighted by Gasteiger charge is -2.54. The highest BCUT2D eigenvalue weighted by atomic mass is 32.2. The summed E-state index contributed by atoms with van der Waals surface area (Å²) in [5.41, 5.74) is -5.67. The quantitative estimate of drug-likeness (QED) is 0.132. The number of ether oxygens (including phenoxy) is 8. The third kappa shape index (κ3) is 13.7. The van der Waals surface area contributed by atoms with E-state index in [1.807, 2.05) is 53.7 Å². The molecule has 5 aliphatic heterocycles. The van der Waals surface area contributed by atoms with Gasteiger partial charge in [0.2, 0.25) is 10.0 Å². The second-order valence-corrected chi connectivity index (χ2v) is 24.8. The summed E-state index contributed by atoms with van der Waals surface area (Å²) in [6.07, 6.45) is -8.14. The first kappa shape index (κ1) is 61.5. The van der Waals surface area contributed by atoms with Crippen LogP contribution < -0.4 is 0 Å². The third-order valence-electron chi connectivity index (χ3n) is 16.9. The van der Waals surface area contributed by atoms with Gasteiger partial charge in [0.05, 0.1) is 47.9 Å². The molecular weight excluding hydrogens is 971 g/mol. The van der Waals surface area contributed by atoms with Gasteiger partial charge < -0.3 is 72.8 Å². The number of rotatable bonds is 18. The van der Waals surface area contributed by atoms with Crippen molar-refractivity contribution in [2.24, 2.45) is 34.7 Å². The van der Waals surface area contributed by atoms with E-state index in [-0.39, 0.29) is 63.6 Å². The summed E-state index contributed by atoms with van der Waals surface area (Å²) in [6, 6.07) is -0.361. The number of hydrogen-bond acceptors (Lipinski definition) is 20. The summed E-state index contributed by atoms with van der Waals surface area (Å²) in [7, 11) is 3.86. The second kappa shape index (κ2) is 24.6. The maximum Gasteiger partial charge on any atom is 0.509 e. The largest absolute Gasteiger partial charge is 0.509 e. The van der Waals surface area contributed by atoms with Gasteiger partial charge in [-0.05, 0) is 95.0 Å². The molecule has 0 bridgehead atoms. The summed E-state index contributed by atoms with van der Waals surface area (Å²) < 4.78 is 77.0. The van der Waals surface area contributed by atoms with E-state index in [4.69, 9.17) is 42.7 Å². The van der Waals surface area contributed by atoms with Gasteiger partial charge in [0.25, 0.3) is 0 Å². The minimum absolute atomic E-state index is 0.0379. The van der Waals surface area contributed by atoms with Crippen LogP contribution in [0, 0.1) is 29.6 Å². The molecule has 0 aromatic carbocycles. The van der Waals surface area contributed by atoms with Crippen molar-refractivity contribution in [1.82, 2.24) is 19.0 Å². The van der Waals surface area contributed by atoms with Crippen LogP contribution in [0.5, 0.6) is 0 Å². The molecule has 0 aromatic rings. The van der Waals surface area contributed by atoms with Crippen molar-refractivity contribution in [3.05, 3.63) is 0 Å². The van der Waals surface area contributed by atoms with E-state index in [1.54, 1.807) is 48.7 Å². The van der Waals surface area contributed by atoms with Crippen LogP contribution in [0.25, 0.3) is 0 Å². The number of aliphatic hydroxyl groups excluding tert-OH is 1. The van der Waals surface area contributed by atoms with Crippen molar-refractivity contribution in [2.45, 2.75) is 193 Å². The molecule has 3 N–H and O–H groups in total. The lowest BCUT2D eigenvalue weighted by molar-refractivity contribution is -0.339. The van der Waals surface area contributed by atoms with E-state index in [0.717, 1.165) is 25.9 Å². The number of methoxy groups -OCH3 is 1. The van der Waals surface area contributed by atoms with E-state index in [1.165, 1.54) is 4.31 Å². The fraction of sp³-hybridized carbons (Fsp3) is 0.941. The van der Waals surface area contributed by atoms with Gasteiger partial charge in [0.15, 0.2) is 24.3 Å². The van der Waals surface area contributed by atoms with E-state index in [2.05, 4.69) is 28.8 Å². The Morgan fingerprint density at radius 3 is 2.11 bits per heavy atom. The van der Waals surface area contributed by atoms with Crippen LogP contribution in [-0.4, -0.2) is 231 Å².